The predicted octanol–water partition coefficient (Wildman–Crippen LogP) is 5.63. The molecule has 6 nitrogen and oxygen atoms in total. The molecule has 1 radical (unpaired) electrons. The molecular weight excluding hydrogens is 616 g/mol. The van der Waals surface area contributed by atoms with Gasteiger partial charge in [-0.1, -0.05) is 18.2 Å². The van der Waals surface area contributed by atoms with Crippen LogP contribution < -0.4 is 0 Å². The molecule has 0 N–H and O–H groups in total. The summed E-state index contributed by atoms with van der Waals surface area (Å²) in [5.74, 6) is -17.0. The van der Waals surface area contributed by atoms with Crippen molar-refractivity contribution in [1.82, 2.24) is 29.3 Å². The quantitative estimate of drug-likeness (QED) is 0.204. The minimum absolute atomic E-state index is 0. The molecule has 0 saturated heterocycles. The van der Waals surface area contributed by atoms with Crippen LogP contribution in [0.5, 0.6) is 0 Å². The molecule has 0 amide bonds. The van der Waals surface area contributed by atoms with E-state index in [0.717, 1.165) is 0 Å². The summed E-state index contributed by atoms with van der Waals surface area (Å²) >= 11 is 0. The molecule has 3 rings (SSSR count). The van der Waals surface area contributed by atoms with Crippen molar-refractivity contribution in [2.24, 2.45) is 0 Å². The number of hydrogen-bond acceptors (Lipinski definition) is 3. The second kappa shape index (κ2) is 9.31. The van der Waals surface area contributed by atoms with Crippen LogP contribution in [0.2, 0.25) is 0 Å². The van der Waals surface area contributed by atoms with Crippen molar-refractivity contribution < 1.29 is 82.9 Å². The fraction of sp³-hybridized carbons (Fsp3) is 0.375. The third kappa shape index (κ3) is 5.14. The zero-order valence-electron chi connectivity index (χ0n) is 17.2. The van der Waals surface area contributed by atoms with Gasteiger partial charge in [0.15, 0.2) is 6.29 Å². The van der Waals surface area contributed by atoms with E-state index < -0.39 is 59.7 Å². The van der Waals surface area contributed by atoms with E-state index in [1.807, 2.05) is 0 Å². The SMILES string of the molecule is FC(F)(F)C(F)(F)c1ccn([C-](n2ccc(C(F)(F)C(F)(F)F)n2)n2ccc(C(F)(F)C(F)(F)F)n2)n1.[Mn]. The Labute approximate surface area is 209 Å². The number of aromatic nitrogens is 6. The maximum absolute atomic E-state index is 13.6. The van der Waals surface area contributed by atoms with Crippen molar-refractivity contribution in [3.63, 3.8) is 0 Å². The normalized spacial score (nSPS) is 14.0. The number of hydrogen-bond donors (Lipinski definition) is 0. The van der Waals surface area contributed by atoms with Gasteiger partial charge in [-0.3, -0.25) is 14.0 Å². The van der Waals surface area contributed by atoms with Crippen LogP contribution in [0.3, 0.4) is 0 Å². The van der Waals surface area contributed by atoms with Gasteiger partial charge >= 0.3 is 36.3 Å². The van der Waals surface area contributed by atoms with Crippen LogP contribution in [0.15, 0.2) is 36.8 Å². The Morgan fingerprint density at radius 2 is 0.658 bits per heavy atom. The first-order valence-electron chi connectivity index (χ1n) is 8.92. The van der Waals surface area contributed by atoms with E-state index in [4.69, 9.17) is 0 Å². The Morgan fingerprint density at radius 1 is 0.447 bits per heavy atom. The molecule has 213 valence electrons. The first kappa shape index (κ1) is 31.2. The summed E-state index contributed by atoms with van der Waals surface area (Å²) < 4.78 is 195. The minimum Gasteiger partial charge on any atom is -0.286 e. The molecule has 0 spiro atoms. The zero-order valence-corrected chi connectivity index (χ0v) is 18.4. The van der Waals surface area contributed by atoms with Gasteiger partial charge < -0.3 is 0 Å². The second-order valence-corrected chi connectivity index (χ2v) is 6.95. The summed E-state index contributed by atoms with van der Waals surface area (Å²) in [5.41, 5.74) is -6.21. The smallest absolute Gasteiger partial charge is 0.286 e. The third-order valence-electron chi connectivity index (χ3n) is 4.42. The maximum atomic E-state index is 13.6. The third-order valence-corrected chi connectivity index (χ3v) is 4.42. The van der Waals surface area contributed by atoms with Crippen LogP contribution >= 0.6 is 0 Å². The van der Waals surface area contributed by atoms with Gasteiger partial charge in [-0.2, -0.15) is 81.2 Å². The van der Waals surface area contributed by atoms with Crippen LogP contribution in [0.25, 0.3) is 0 Å². The number of nitrogens with zero attached hydrogens (tertiary/aromatic N) is 6. The van der Waals surface area contributed by atoms with Crippen molar-refractivity contribution in [1.29, 1.82) is 0 Å². The topological polar surface area (TPSA) is 53.5 Å². The van der Waals surface area contributed by atoms with Gasteiger partial charge in [-0.05, 0) is 18.6 Å². The van der Waals surface area contributed by atoms with Crippen LogP contribution in [-0.2, 0) is 34.8 Å². The monoisotopic (exact) mass is 622 g/mol. The molecule has 0 saturated carbocycles. The standard InChI is InChI=1S/C16H6F15N6.Mn/c17-11(18,14(23,24)25)7-1-4-35(32-7)10(36-5-2-8(33-36)12(19,20)15(26,27)28)37-6-3-9(34-37)13(21,22)16(29,30)31;/h1-6H;/q-1;. The molecule has 0 aliphatic rings. The summed E-state index contributed by atoms with van der Waals surface area (Å²) in [5, 5.41) is 8.43. The molecule has 38 heavy (non-hydrogen) atoms. The Kier molecular flexibility index (Phi) is 7.64. The van der Waals surface area contributed by atoms with Crippen molar-refractivity contribution >= 4 is 0 Å². The van der Waals surface area contributed by atoms with Crippen molar-refractivity contribution in [2.45, 2.75) is 36.3 Å². The molecule has 0 aliphatic heterocycles. The Bertz CT molecular complexity index is 1100. The van der Waals surface area contributed by atoms with Crippen LogP contribution in [0.1, 0.15) is 17.1 Å². The van der Waals surface area contributed by atoms with Crippen LogP contribution in [0.4, 0.5) is 65.9 Å². The van der Waals surface area contributed by atoms with E-state index in [0.29, 0.717) is 0 Å². The molecule has 0 bridgehead atoms. The molecule has 22 heteroatoms. The molecule has 0 unspecified atom stereocenters. The largest absolute Gasteiger partial charge is 0.459 e. The molecule has 0 fully saturated rings. The van der Waals surface area contributed by atoms with E-state index in [-0.39, 0.29) is 67.9 Å². The van der Waals surface area contributed by atoms with Gasteiger partial charge in [0, 0.05) is 17.1 Å². The Balaban J connectivity index is 0.00000507. The van der Waals surface area contributed by atoms with Crippen LogP contribution in [-0.4, -0.2) is 47.9 Å². The summed E-state index contributed by atoms with van der Waals surface area (Å²) in [6.45, 7) is 0. The summed E-state index contributed by atoms with van der Waals surface area (Å²) in [6, 6.07) is -0.00908. The predicted molar refractivity (Wildman–Crippen MR) is 86.0 cm³/mol. The fourth-order valence-electron chi connectivity index (χ4n) is 2.56. The Morgan fingerprint density at radius 3 is 0.842 bits per heavy atom. The van der Waals surface area contributed by atoms with Crippen molar-refractivity contribution in [2.75, 3.05) is 0 Å². The molecular formula is C16H6F15MnN6-. The maximum Gasteiger partial charge on any atom is 0.459 e. The summed E-state index contributed by atoms with van der Waals surface area (Å²) in [7, 11) is 0. The molecule has 0 aliphatic carbocycles. The summed E-state index contributed by atoms with van der Waals surface area (Å²) in [4.78, 5) is 0. The van der Waals surface area contributed by atoms with Gasteiger partial charge in [0.25, 0.3) is 0 Å². The molecule has 0 atom stereocenters. The van der Waals surface area contributed by atoms with E-state index >= 15 is 0 Å². The zero-order chi connectivity index (χ0) is 28.4. The molecule has 3 heterocycles. The van der Waals surface area contributed by atoms with Crippen LogP contribution in [0, 0.1) is 6.29 Å². The number of rotatable bonds is 6. The minimum atomic E-state index is -6.23. The number of halogens is 15. The van der Waals surface area contributed by atoms with Crippen molar-refractivity contribution in [3.8, 4) is 0 Å². The van der Waals surface area contributed by atoms with Gasteiger partial charge in [0.05, 0.1) is 0 Å². The summed E-state index contributed by atoms with van der Waals surface area (Å²) in [6.07, 6.45) is -19.3. The Hall–Kier alpha value is -3.03. The second-order valence-electron chi connectivity index (χ2n) is 6.95. The van der Waals surface area contributed by atoms with Gasteiger partial charge in [0.2, 0.25) is 0 Å². The number of alkyl halides is 15. The fourth-order valence-corrected chi connectivity index (χ4v) is 2.56. The molecule has 0 aromatic carbocycles. The van der Waals surface area contributed by atoms with E-state index in [2.05, 4.69) is 15.3 Å². The van der Waals surface area contributed by atoms with Gasteiger partial charge in [0.1, 0.15) is 17.1 Å². The van der Waals surface area contributed by atoms with Gasteiger partial charge in [-0.15, -0.1) is 0 Å². The van der Waals surface area contributed by atoms with E-state index in [9.17, 15) is 65.9 Å². The van der Waals surface area contributed by atoms with Crippen molar-refractivity contribution in [3.05, 3.63) is 60.2 Å². The first-order valence-corrected chi connectivity index (χ1v) is 8.92. The first-order chi connectivity index (χ1) is 16.5. The van der Waals surface area contributed by atoms with E-state index in [1.54, 1.807) is 0 Å². The van der Waals surface area contributed by atoms with E-state index in [1.165, 1.54) is 0 Å². The average molecular weight is 622 g/mol. The van der Waals surface area contributed by atoms with Gasteiger partial charge in [-0.25, -0.2) is 0 Å². The average Bonchev–Trinajstić information content (AvgIpc) is 3.47. The molecule has 3 aromatic rings. The molecule has 3 aromatic heterocycles.